The molecule has 4 aliphatic carbocycles. The first-order chi connectivity index (χ1) is 37.0. The minimum absolute atomic E-state index is 0.117. The Kier molecular flexibility index (Phi) is 11.6. The zero-order valence-corrected chi connectivity index (χ0v) is 44.6. The Balaban J connectivity index is 0.926. The normalized spacial score (nSPS) is 16.3. The number of anilines is 5. The van der Waals surface area contributed by atoms with Gasteiger partial charge < -0.3 is 9.80 Å². The molecule has 1 atom stereocenters. The lowest BCUT2D eigenvalue weighted by atomic mass is 9.72. The standard InChI is InChI=1S/C74H64N2/c1-49-41-63(75(59-35-19-31-55(43-59)51-23-11-7-12-24-51)60-36-20-32-56(44-60)52-25-13-8-14-26-52)47-67-69(49)65-39-40-66-70-50(2)42-64(48-68(70)74(5,6)72(66)71(65)73(67,3)4)76(61-37-21-33-57(45-61)53-27-15-9-16-28-53)62-38-22-34-58(46-62)54-29-17-10-18-30-54/h7-9,11-17,19-44,46-48,61H,10,18,45H2,1-6H3. The first-order valence-electron chi connectivity index (χ1n) is 27.3. The van der Waals surface area contributed by atoms with E-state index in [0.29, 0.717) is 0 Å². The Morgan fingerprint density at radius 3 is 1.47 bits per heavy atom. The summed E-state index contributed by atoms with van der Waals surface area (Å²) >= 11 is 0. The van der Waals surface area contributed by atoms with Crippen molar-refractivity contribution in [2.24, 2.45) is 0 Å². The Hall–Kier alpha value is -8.46. The lowest BCUT2D eigenvalue weighted by Gasteiger charge is -2.36. The minimum atomic E-state index is -0.294. The molecule has 4 aliphatic rings. The van der Waals surface area contributed by atoms with Crippen LogP contribution in [-0.2, 0) is 10.8 Å². The summed E-state index contributed by atoms with van der Waals surface area (Å²) in [6.07, 6.45) is 17.1. The van der Waals surface area contributed by atoms with Gasteiger partial charge in [0, 0.05) is 39.3 Å². The fourth-order valence-electron chi connectivity index (χ4n) is 13.3. The van der Waals surface area contributed by atoms with E-state index in [9.17, 15) is 0 Å². The minimum Gasteiger partial charge on any atom is -0.334 e. The summed E-state index contributed by atoms with van der Waals surface area (Å²) in [4.78, 5) is 5.10. The molecule has 0 aliphatic heterocycles. The highest BCUT2D eigenvalue weighted by atomic mass is 15.2. The van der Waals surface area contributed by atoms with Crippen molar-refractivity contribution in [3.8, 4) is 44.5 Å². The van der Waals surface area contributed by atoms with Gasteiger partial charge in [0.15, 0.2) is 0 Å². The summed E-state index contributed by atoms with van der Waals surface area (Å²) in [5, 5.41) is 0. The van der Waals surface area contributed by atoms with E-state index >= 15 is 0 Å². The van der Waals surface area contributed by atoms with Crippen LogP contribution in [0.15, 0.2) is 237 Å². The summed E-state index contributed by atoms with van der Waals surface area (Å²) in [5.41, 5.74) is 29.1. The molecular weight excluding hydrogens is 917 g/mol. The number of benzene rings is 9. The summed E-state index contributed by atoms with van der Waals surface area (Å²) in [6, 6.07) is 74.8. The molecule has 2 nitrogen and oxygen atoms in total. The van der Waals surface area contributed by atoms with E-state index in [-0.39, 0.29) is 16.9 Å². The molecule has 0 radical (unpaired) electrons. The van der Waals surface area contributed by atoms with Gasteiger partial charge in [0.05, 0.1) is 6.04 Å². The van der Waals surface area contributed by atoms with Gasteiger partial charge in [-0.25, -0.2) is 0 Å². The highest BCUT2D eigenvalue weighted by molar-refractivity contribution is 5.96. The zero-order chi connectivity index (χ0) is 51.7. The largest absolute Gasteiger partial charge is 0.334 e. The lowest BCUT2D eigenvalue weighted by Crippen LogP contribution is -2.31. The van der Waals surface area contributed by atoms with Gasteiger partial charge in [-0.15, -0.1) is 0 Å². The third kappa shape index (κ3) is 8.02. The fraction of sp³-hybridized carbons (Fsp3) is 0.162. The van der Waals surface area contributed by atoms with E-state index in [4.69, 9.17) is 0 Å². The average Bonchev–Trinajstić information content (AvgIpc) is 4.08. The number of hydrogen-bond acceptors (Lipinski definition) is 2. The van der Waals surface area contributed by atoms with Crippen molar-refractivity contribution in [3.63, 3.8) is 0 Å². The van der Waals surface area contributed by atoms with Gasteiger partial charge >= 0.3 is 0 Å². The first kappa shape index (κ1) is 47.3. The molecule has 0 N–H and O–H groups in total. The third-order valence-corrected chi connectivity index (χ3v) is 16.9. The molecule has 2 heteroatoms. The summed E-state index contributed by atoms with van der Waals surface area (Å²) in [6.45, 7) is 14.6. The highest BCUT2D eigenvalue weighted by Crippen LogP contribution is 2.61. The highest BCUT2D eigenvalue weighted by Gasteiger charge is 2.47. The quantitative estimate of drug-likeness (QED) is 0.135. The smallest absolute Gasteiger partial charge is 0.0565 e. The molecule has 370 valence electrons. The maximum Gasteiger partial charge on any atom is 0.0565 e. The van der Waals surface area contributed by atoms with Crippen LogP contribution in [0.4, 0.5) is 28.4 Å². The molecule has 13 rings (SSSR count). The topological polar surface area (TPSA) is 6.48 Å². The molecule has 0 fully saturated rings. The predicted octanol–water partition coefficient (Wildman–Crippen LogP) is 20.0. The maximum atomic E-state index is 2.63. The van der Waals surface area contributed by atoms with E-state index in [0.717, 1.165) is 36.3 Å². The number of fused-ring (bicyclic) bond motifs is 7. The average molecular weight is 981 g/mol. The van der Waals surface area contributed by atoms with Crippen LogP contribution in [-0.4, -0.2) is 6.04 Å². The molecular formula is C74H64N2. The molecule has 0 heterocycles. The van der Waals surface area contributed by atoms with Crippen LogP contribution in [0.1, 0.15) is 91.5 Å². The van der Waals surface area contributed by atoms with Crippen LogP contribution in [0.5, 0.6) is 0 Å². The monoisotopic (exact) mass is 981 g/mol. The Bertz CT molecular complexity index is 3780. The Morgan fingerprint density at radius 2 is 0.921 bits per heavy atom. The Labute approximate surface area is 450 Å². The second-order valence-corrected chi connectivity index (χ2v) is 22.5. The zero-order valence-electron chi connectivity index (χ0n) is 44.6. The van der Waals surface area contributed by atoms with Crippen LogP contribution >= 0.6 is 0 Å². The van der Waals surface area contributed by atoms with Gasteiger partial charge in [0.25, 0.3) is 0 Å². The van der Waals surface area contributed by atoms with Gasteiger partial charge in [0.2, 0.25) is 0 Å². The van der Waals surface area contributed by atoms with Crippen LogP contribution in [0.2, 0.25) is 0 Å². The van der Waals surface area contributed by atoms with Gasteiger partial charge in [-0.3, -0.25) is 0 Å². The van der Waals surface area contributed by atoms with Gasteiger partial charge in [-0.05, 0) is 194 Å². The van der Waals surface area contributed by atoms with Crippen LogP contribution < -0.4 is 9.80 Å². The SMILES string of the molecule is Cc1cc(N(c2cccc(-c3ccccc3)c2)c2cccc(-c3ccccc3)c2)cc2c1-c1ccc3c(c1C2(C)C)C(C)(C)c1cc(N(c2cccc(C4=CCCC=C4)c2)C2C=CC=C(c4ccccc4)C2)cc(C)c1-3. The molecule has 0 saturated heterocycles. The molecule has 0 bridgehead atoms. The molecule has 1 unspecified atom stereocenters. The summed E-state index contributed by atoms with van der Waals surface area (Å²) in [5.74, 6) is 0. The van der Waals surface area contributed by atoms with Crippen molar-refractivity contribution < 1.29 is 0 Å². The molecule has 9 aromatic rings. The van der Waals surface area contributed by atoms with Gasteiger partial charge in [-0.1, -0.05) is 204 Å². The van der Waals surface area contributed by atoms with Crippen molar-refractivity contribution in [1.82, 2.24) is 0 Å². The number of allylic oxidation sites excluding steroid dienone is 6. The third-order valence-electron chi connectivity index (χ3n) is 16.9. The predicted molar refractivity (Wildman–Crippen MR) is 323 cm³/mol. The second kappa shape index (κ2) is 18.7. The van der Waals surface area contributed by atoms with E-state index < -0.39 is 0 Å². The van der Waals surface area contributed by atoms with Gasteiger partial charge in [0.1, 0.15) is 0 Å². The molecule has 0 aromatic heterocycles. The lowest BCUT2D eigenvalue weighted by molar-refractivity contribution is 0.601. The second-order valence-electron chi connectivity index (χ2n) is 22.5. The number of aryl methyl sites for hydroxylation is 2. The summed E-state index contributed by atoms with van der Waals surface area (Å²) in [7, 11) is 0. The molecule has 76 heavy (non-hydrogen) atoms. The van der Waals surface area contributed by atoms with Gasteiger partial charge in [-0.2, -0.15) is 0 Å². The summed E-state index contributed by atoms with van der Waals surface area (Å²) < 4.78 is 0. The number of rotatable bonds is 10. The molecule has 0 spiro atoms. The Morgan fingerprint density at radius 1 is 0.434 bits per heavy atom. The molecule has 0 amide bonds. The first-order valence-corrected chi connectivity index (χ1v) is 27.3. The van der Waals surface area contributed by atoms with E-state index in [1.54, 1.807) is 0 Å². The number of nitrogens with zero attached hydrogens (tertiary/aromatic N) is 2. The molecule has 9 aromatic carbocycles. The van der Waals surface area contributed by atoms with Crippen molar-refractivity contribution in [3.05, 3.63) is 281 Å². The van der Waals surface area contributed by atoms with E-state index in [2.05, 4.69) is 288 Å². The maximum absolute atomic E-state index is 2.63. The van der Waals surface area contributed by atoms with E-state index in [1.165, 1.54) is 112 Å². The van der Waals surface area contributed by atoms with Crippen LogP contribution in [0.3, 0.4) is 0 Å². The van der Waals surface area contributed by atoms with Crippen molar-refractivity contribution in [2.75, 3.05) is 9.80 Å². The van der Waals surface area contributed by atoms with Crippen molar-refractivity contribution in [1.29, 1.82) is 0 Å². The number of hydrogen-bond donors (Lipinski definition) is 0. The van der Waals surface area contributed by atoms with Crippen molar-refractivity contribution in [2.45, 2.75) is 77.7 Å². The van der Waals surface area contributed by atoms with Crippen LogP contribution in [0, 0.1) is 13.8 Å². The van der Waals surface area contributed by atoms with Crippen LogP contribution in [0.25, 0.3) is 55.7 Å². The van der Waals surface area contributed by atoms with Crippen molar-refractivity contribution >= 4 is 39.6 Å². The fourth-order valence-corrected chi connectivity index (χ4v) is 13.3. The van der Waals surface area contributed by atoms with E-state index in [1.807, 2.05) is 0 Å². The molecule has 0 saturated carbocycles.